The Hall–Kier alpha value is -0.650. The lowest BCUT2D eigenvalue weighted by atomic mass is 10.2. The van der Waals surface area contributed by atoms with Crippen LogP contribution in [0, 0.1) is 5.92 Å². The van der Waals surface area contributed by atoms with Crippen molar-refractivity contribution in [1.82, 2.24) is 10.6 Å². The van der Waals surface area contributed by atoms with Crippen molar-refractivity contribution < 1.29 is 14.6 Å². The van der Waals surface area contributed by atoms with Gasteiger partial charge in [0.2, 0.25) is 5.91 Å². The van der Waals surface area contributed by atoms with Crippen LogP contribution in [0.25, 0.3) is 0 Å². The summed E-state index contributed by atoms with van der Waals surface area (Å²) >= 11 is 0. The maximum atomic E-state index is 11.3. The van der Waals surface area contributed by atoms with Crippen LogP contribution in [0.5, 0.6) is 0 Å². The number of amides is 1. The lowest BCUT2D eigenvalue weighted by molar-refractivity contribution is -0.122. The maximum Gasteiger partial charge on any atom is 0.223 e. The fourth-order valence-electron chi connectivity index (χ4n) is 1.94. The lowest BCUT2D eigenvalue weighted by Gasteiger charge is -2.12. The molecule has 0 aromatic carbocycles. The van der Waals surface area contributed by atoms with Crippen LogP contribution in [0.15, 0.2) is 0 Å². The highest BCUT2D eigenvalue weighted by atomic mass is 16.5. The van der Waals surface area contributed by atoms with Crippen LogP contribution in [0.3, 0.4) is 0 Å². The van der Waals surface area contributed by atoms with E-state index in [2.05, 4.69) is 17.6 Å². The Morgan fingerprint density at radius 3 is 2.80 bits per heavy atom. The standard InChI is InChI=1S/C15H30N2O3/c1-2-3-4-5-10-20-12-14(18)11-16-8-9-17-15(19)13-6-7-13/h13-14,16,18H,2-12H2,1H3,(H,17,19). The van der Waals surface area contributed by atoms with Crippen LogP contribution >= 0.6 is 0 Å². The summed E-state index contributed by atoms with van der Waals surface area (Å²) in [6.07, 6.45) is 6.35. The summed E-state index contributed by atoms with van der Waals surface area (Å²) in [6.45, 7) is 5.12. The Kier molecular flexibility index (Phi) is 9.62. The number of rotatable bonds is 13. The third-order valence-electron chi connectivity index (χ3n) is 3.38. The number of aliphatic hydroxyl groups excluding tert-OH is 1. The van der Waals surface area contributed by atoms with E-state index in [0.29, 0.717) is 26.2 Å². The van der Waals surface area contributed by atoms with Crippen molar-refractivity contribution in [3.63, 3.8) is 0 Å². The minimum absolute atomic E-state index is 0.169. The van der Waals surface area contributed by atoms with Gasteiger partial charge in [-0.3, -0.25) is 4.79 Å². The van der Waals surface area contributed by atoms with E-state index in [-0.39, 0.29) is 11.8 Å². The monoisotopic (exact) mass is 286 g/mol. The average Bonchev–Trinajstić information content (AvgIpc) is 3.26. The molecule has 1 aliphatic rings. The van der Waals surface area contributed by atoms with E-state index in [0.717, 1.165) is 25.9 Å². The Balaban J connectivity index is 1.79. The first-order valence-electron chi connectivity index (χ1n) is 7.98. The van der Waals surface area contributed by atoms with Crippen molar-refractivity contribution in [3.8, 4) is 0 Å². The van der Waals surface area contributed by atoms with Gasteiger partial charge in [-0.2, -0.15) is 0 Å². The van der Waals surface area contributed by atoms with Gasteiger partial charge in [0.1, 0.15) is 0 Å². The molecular weight excluding hydrogens is 256 g/mol. The van der Waals surface area contributed by atoms with Gasteiger partial charge in [-0.25, -0.2) is 0 Å². The van der Waals surface area contributed by atoms with Crippen LogP contribution in [-0.4, -0.2) is 50.0 Å². The molecule has 0 radical (unpaired) electrons. The number of carbonyl (C=O) groups is 1. The SMILES string of the molecule is CCCCCCOCC(O)CNCCNC(=O)C1CC1. The second-order valence-corrected chi connectivity index (χ2v) is 5.56. The number of carbonyl (C=O) groups excluding carboxylic acids is 1. The van der Waals surface area contributed by atoms with Crippen molar-refractivity contribution in [2.45, 2.75) is 51.6 Å². The lowest BCUT2D eigenvalue weighted by Crippen LogP contribution is -2.37. The molecule has 1 amide bonds. The third-order valence-corrected chi connectivity index (χ3v) is 3.38. The second-order valence-electron chi connectivity index (χ2n) is 5.56. The van der Waals surface area contributed by atoms with Crippen molar-refractivity contribution in [3.05, 3.63) is 0 Å². The van der Waals surface area contributed by atoms with Gasteiger partial charge in [0, 0.05) is 32.2 Å². The van der Waals surface area contributed by atoms with Gasteiger partial charge >= 0.3 is 0 Å². The van der Waals surface area contributed by atoms with E-state index < -0.39 is 6.10 Å². The van der Waals surface area contributed by atoms with Gasteiger partial charge in [-0.05, 0) is 19.3 Å². The molecule has 0 aromatic rings. The van der Waals surface area contributed by atoms with Gasteiger partial charge < -0.3 is 20.5 Å². The van der Waals surface area contributed by atoms with Gasteiger partial charge in [-0.1, -0.05) is 26.2 Å². The molecule has 0 saturated heterocycles. The quantitative estimate of drug-likeness (QED) is 0.443. The van der Waals surface area contributed by atoms with Gasteiger partial charge in [-0.15, -0.1) is 0 Å². The normalized spacial score (nSPS) is 16.1. The summed E-state index contributed by atoms with van der Waals surface area (Å²) in [5.74, 6) is 0.435. The predicted molar refractivity (Wildman–Crippen MR) is 79.6 cm³/mol. The zero-order valence-electron chi connectivity index (χ0n) is 12.7. The van der Waals surface area contributed by atoms with Gasteiger partial charge in [0.25, 0.3) is 0 Å². The number of hydrogen-bond acceptors (Lipinski definition) is 4. The minimum Gasteiger partial charge on any atom is -0.389 e. The van der Waals surface area contributed by atoms with Crippen LogP contribution in [0.2, 0.25) is 0 Å². The fraction of sp³-hybridized carbons (Fsp3) is 0.933. The average molecular weight is 286 g/mol. The highest BCUT2D eigenvalue weighted by Gasteiger charge is 2.28. The molecule has 1 unspecified atom stereocenters. The predicted octanol–water partition coefficient (Wildman–Crippen LogP) is 1.06. The van der Waals surface area contributed by atoms with E-state index in [1.807, 2.05) is 0 Å². The molecule has 0 aliphatic heterocycles. The van der Waals surface area contributed by atoms with Crippen LogP contribution in [0.1, 0.15) is 45.4 Å². The molecule has 0 heterocycles. The summed E-state index contributed by atoms with van der Waals surface area (Å²) < 4.78 is 5.42. The molecule has 5 nitrogen and oxygen atoms in total. The molecule has 1 saturated carbocycles. The van der Waals surface area contributed by atoms with Crippen LogP contribution in [-0.2, 0) is 9.53 Å². The minimum atomic E-state index is -0.472. The molecule has 20 heavy (non-hydrogen) atoms. The number of hydrogen-bond donors (Lipinski definition) is 3. The van der Waals surface area contributed by atoms with Crippen molar-refractivity contribution >= 4 is 5.91 Å². The van der Waals surface area contributed by atoms with E-state index in [1.165, 1.54) is 19.3 Å². The number of ether oxygens (including phenoxy) is 1. The first-order valence-corrected chi connectivity index (χ1v) is 7.98. The Labute approximate surface area is 122 Å². The molecule has 5 heteroatoms. The van der Waals surface area contributed by atoms with E-state index in [9.17, 15) is 9.90 Å². The third kappa shape index (κ3) is 9.28. The highest BCUT2D eigenvalue weighted by molar-refractivity contribution is 5.80. The molecule has 0 spiro atoms. The fourth-order valence-corrected chi connectivity index (χ4v) is 1.94. The molecular formula is C15H30N2O3. The molecule has 118 valence electrons. The number of nitrogens with one attached hydrogen (secondary N) is 2. The zero-order chi connectivity index (χ0) is 14.6. The van der Waals surface area contributed by atoms with Gasteiger partial charge in [0.05, 0.1) is 12.7 Å². The van der Waals surface area contributed by atoms with Gasteiger partial charge in [0.15, 0.2) is 0 Å². The Morgan fingerprint density at radius 1 is 1.30 bits per heavy atom. The molecule has 1 atom stereocenters. The summed E-state index contributed by atoms with van der Waals surface area (Å²) in [4.78, 5) is 11.3. The second kappa shape index (κ2) is 11.1. The van der Waals surface area contributed by atoms with Crippen molar-refractivity contribution in [2.24, 2.45) is 5.92 Å². The van der Waals surface area contributed by atoms with Crippen LogP contribution < -0.4 is 10.6 Å². The molecule has 0 aromatic heterocycles. The molecule has 1 rings (SSSR count). The maximum absolute atomic E-state index is 11.3. The summed E-state index contributed by atoms with van der Waals surface area (Å²) in [6, 6.07) is 0. The molecule has 1 aliphatic carbocycles. The molecule has 0 bridgehead atoms. The summed E-state index contributed by atoms with van der Waals surface area (Å²) in [5, 5.41) is 15.7. The Bertz CT molecular complexity index is 258. The summed E-state index contributed by atoms with van der Waals surface area (Å²) in [7, 11) is 0. The topological polar surface area (TPSA) is 70.6 Å². The molecule has 3 N–H and O–H groups in total. The molecule has 1 fully saturated rings. The first-order chi connectivity index (χ1) is 9.74. The van der Waals surface area contributed by atoms with Crippen LogP contribution in [0.4, 0.5) is 0 Å². The van der Waals surface area contributed by atoms with E-state index in [1.54, 1.807) is 0 Å². The van der Waals surface area contributed by atoms with Crippen molar-refractivity contribution in [1.29, 1.82) is 0 Å². The highest BCUT2D eigenvalue weighted by Crippen LogP contribution is 2.28. The zero-order valence-corrected chi connectivity index (χ0v) is 12.7. The van der Waals surface area contributed by atoms with Crippen molar-refractivity contribution in [2.75, 3.05) is 32.8 Å². The largest absolute Gasteiger partial charge is 0.389 e. The van der Waals surface area contributed by atoms with E-state index >= 15 is 0 Å². The number of unbranched alkanes of at least 4 members (excludes halogenated alkanes) is 3. The number of aliphatic hydroxyl groups is 1. The summed E-state index contributed by atoms with van der Waals surface area (Å²) in [5.41, 5.74) is 0. The van der Waals surface area contributed by atoms with E-state index in [4.69, 9.17) is 4.74 Å². The first kappa shape index (κ1) is 17.4. The Morgan fingerprint density at radius 2 is 2.10 bits per heavy atom. The smallest absolute Gasteiger partial charge is 0.223 e.